The number of aliphatic carboxylic acids is 2. The lowest BCUT2D eigenvalue weighted by Gasteiger charge is -2.38. The van der Waals surface area contributed by atoms with Crippen LogP contribution in [0.5, 0.6) is 0 Å². The fourth-order valence-corrected chi connectivity index (χ4v) is 4.16. The van der Waals surface area contributed by atoms with Gasteiger partial charge in [0.15, 0.2) is 0 Å². The van der Waals surface area contributed by atoms with E-state index in [-0.39, 0.29) is 5.82 Å². The van der Waals surface area contributed by atoms with Crippen molar-refractivity contribution in [3.63, 3.8) is 0 Å². The monoisotopic (exact) mass is 429 g/mol. The van der Waals surface area contributed by atoms with E-state index in [9.17, 15) is 28.6 Å². The molecule has 0 unspecified atom stereocenters. The molecule has 2 heterocycles. The maximum atomic E-state index is 13.8. The number of fused-ring (bicyclic) bond motifs is 1. The van der Waals surface area contributed by atoms with Crippen molar-refractivity contribution in [3.8, 4) is 0 Å². The molecule has 0 spiro atoms. The molecule has 162 valence electrons. The van der Waals surface area contributed by atoms with Crippen molar-refractivity contribution >= 4 is 28.5 Å². The molecule has 0 amide bonds. The fraction of sp³-hybridized carbons (Fsp3) is 0.273. The largest absolute Gasteiger partial charge is 0.480 e. The molecule has 1 atom stereocenters. The van der Waals surface area contributed by atoms with Gasteiger partial charge in [-0.2, -0.15) is 0 Å². The first kappa shape index (κ1) is 20.8. The van der Waals surface area contributed by atoms with Crippen LogP contribution in [0, 0.1) is 11.6 Å². The normalized spacial score (nSPS) is 15.9. The number of anilines is 1. The van der Waals surface area contributed by atoms with Gasteiger partial charge in [-0.3, -0.25) is 14.5 Å². The molecule has 9 heteroatoms. The molecule has 7 nitrogen and oxygen atoms in total. The van der Waals surface area contributed by atoms with Crippen molar-refractivity contribution in [2.45, 2.75) is 12.6 Å². The van der Waals surface area contributed by atoms with Gasteiger partial charge < -0.3 is 19.7 Å². The van der Waals surface area contributed by atoms with Gasteiger partial charge >= 0.3 is 11.9 Å². The van der Waals surface area contributed by atoms with Gasteiger partial charge in [0.1, 0.15) is 24.2 Å². The van der Waals surface area contributed by atoms with Gasteiger partial charge in [-0.15, -0.1) is 0 Å². The summed E-state index contributed by atoms with van der Waals surface area (Å²) in [5, 5.41) is 19.7. The lowest BCUT2D eigenvalue weighted by Crippen LogP contribution is -2.49. The Kier molecular flexibility index (Phi) is 5.60. The highest BCUT2D eigenvalue weighted by Gasteiger charge is 2.33. The number of piperazine rings is 1. The third kappa shape index (κ3) is 4.22. The van der Waals surface area contributed by atoms with Gasteiger partial charge in [0.2, 0.25) is 0 Å². The minimum absolute atomic E-state index is 0.317. The van der Waals surface area contributed by atoms with E-state index in [1.54, 1.807) is 12.1 Å². The molecular weight excluding hydrogens is 408 g/mol. The first-order chi connectivity index (χ1) is 14.8. The number of nitrogens with zero attached hydrogens (tertiary/aromatic N) is 3. The van der Waals surface area contributed by atoms with E-state index in [0.29, 0.717) is 42.6 Å². The first-order valence-corrected chi connectivity index (χ1v) is 9.81. The number of carbonyl (C=O) groups is 2. The Balaban J connectivity index is 1.63. The highest BCUT2D eigenvalue weighted by Crippen LogP contribution is 2.32. The Labute approximate surface area is 176 Å². The summed E-state index contributed by atoms with van der Waals surface area (Å²) in [4.78, 5) is 27.3. The lowest BCUT2D eigenvalue weighted by atomic mass is 10.0. The van der Waals surface area contributed by atoms with Crippen LogP contribution in [-0.4, -0.2) is 57.8 Å². The number of hydrogen-bond acceptors (Lipinski definition) is 4. The van der Waals surface area contributed by atoms with Gasteiger partial charge in [0, 0.05) is 49.0 Å². The second kappa shape index (κ2) is 8.35. The standard InChI is InChI=1S/C22H21F2N3O4/c23-14-1-4-16(5-2-14)25-7-9-26(10-8-25)21(22(30)31)18-12-27(13-20(28)29)19-11-15(24)3-6-17(18)19/h1-6,11-12,21H,7-10,13H2,(H,28,29)(H,30,31)/t21-/m1/s1. The minimum atomic E-state index is -1.10. The quantitative estimate of drug-likeness (QED) is 0.627. The zero-order valence-corrected chi connectivity index (χ0v) is 16.5. The maximum absolute atomic E-state index is 13.8. The Bertz CT molecular complexity index is 1120. The number of benzene rings is 2. The van der Waals surface area contributed by atoms with Gasteiger partial charge in [-0.25, -0.2) is 8.78 Å². The molecule has 31 heavy (non-hydrogen) atoms. The topological polar surface area (TPSA) is 86.0 Å². The van der Waals surface area contributed by atoms with E-state index in [4.69, 9.17) is 0 Å². The maximum Gasteiger partial charge on any atom is 0.325 e. The molecule has 0 aliphatic carbocycles. The molecule has 1 aromatic heterocycles. The van der Waals surface area contributed by atoms with Crippen LogP contribution in [-0.2, 0) is 16.1 Å². The van der Waals surface area contributed by atoms with Crippen LogP contribution in [0.15, 0.2) is 48.7 Å². The third-order valence-electron chi connectivity index (χ3n) is 5.58. The predicted octanol–water partition coefficient (Wildman–Crippen LogP) is 2.95. The first-order valence-electron chi connectivity index (χ1n) is 9.81. The summed E-state index contributed by atoms with van der Waals surface area (Å²) >= 11 is 0. The van der Waals surface area contributed by atoms with Crippen molar-refractivity contribution in [1.82, 2.24) is 9.47 Å². The average Bonchev–Trinajstić information content (AvgIpc) is 3.05. The van der Waals surface area contributed by atoms with Gasteiger partial charge in [-0.1, -0.05) is 0 Å². The molecule has 0 radical (unpaired) electrons. The van der Waals surface area contributed by atoms with Crippen molar-refractivity contribution in [1.29, 1.82) is 0 Å². The van der Waals surface area contributed by atoms with Crippen LogP contribution in [0.1, 0.15) is 11.6 Å². The number of carboxylic acid groups (broad SMARTS) is 2. The highest BCUT2D eigenvalue weighted by molar-refractivity contribution is 5.90. The Hall–Kier alpha value is -3.46. The van der Waals surface area contributed by atoms with Crippen LogP contribution in [0.3, 0.4) is 0 Å². The van der Waals surface area contributed by atoms with E-state index in [1.165, 1.54) is 41.1 Å². The van der Waals surface area contributed by atoms with Gasteiger partial charge in [0.05, 0.1) is 5.52 Å². The molecule has 0 bridgehead atoms. The van der Waals surface area contributed by atoms with E-state index >= 15 is 0 Å². The molecule has 2 N–H and O–H groups in total. The van der Waals surface area contributed by atoms with Gasteiger partial charge in [0.25, 0.3) is 0 Å². The number of hydrogen-bond donors (Lipinski definition) is 2. The zero-order valence-electron chi connectivity index (χ0n) is 16.5. The Morgan fingerprint density at radius 1 is 0.935 bits per heavy atom. The molecular formula is C22H21F2N3O4. The van der Waals surface area contributed by atoms with Crippen LogP contribution in [0.25, 0.3) is 10.9 Å². The third-order valence-corrected chi connectivity index (χ3v) is 5.58. The second-order valence-electron chi connectivity index (χ2n) is 7.51. The van der Waals surface area contributed by atoms with Gasteiger partial charge in [-0.05, 0) is 42.5 Å². The molecule has 1 saturated heterocycles. The summed E-state index contributed by atoms with van der Waals surface area (Å²) in [5.74, 6) is -3.01. The lowest BCUT2D eigenvalue weighted by molar-refractivity contribution is -0.143. The second-order valence-corrected chi connectivity index (χ2v) is 7.51. The van der Waals surface area contributed by atoms with Crippen LogP contribution in [0.4, 0.5) is 14.5 Å². The van der Waals surface area contributed by atoms with Crippen molar-refractivity contribution < 1.29 is 28.6 Å². The minimum Gasteiger partial charge on any atom is -0.480 e. The van der Waals surface area contributed by atoms with E-state index in [2.05, 4.69) is 4.90 Å². The smallest absolute Gasteiger partial charge is 0.325 e. The van der Waals surface area contributed by atoms with E-state index in [1.807, 2.05) is 4.90 Å². The summed E-state index contributed by atoms with van der Waals surface area (Å²) in [6.07, 6.45) is 1.49. The van der Waals surface area contributed by atoms with Crippen LogP contribution >= 0.6 is 0 Å². The summed E-state index contributed by atoms with van der Waals surface area (Å²) < 4.78 is 28.3. The summed E-state index contributed by atoms with van der Waals surface area (Å²) in [6, 6.07) is 9.09. The Morgan fingerprint density at radius 3 is 2.19 bits per heavy atom. The molecule has 0 saturated carbocycles. The Morgan fingerprint density at radius 2 is 1.58 bits per heavy atom. The highest BCUT2D eigenvalue weighted by atomic mass is 19.1. The molecule has 1 aliphatic heterocycles. The van der Waals surface area contributed by atoms with Crippen molar-refractivity contribution in [2.75, 3.05) is 31.1 Å². The molecule has 4 rings (SSSR count). The summed E-state index contributed by atoms with van der Waals surface area (Å²) in [5.41, 5.74) is 1.63. The number of rotatable bonds is 6. The van der Waals surface area contributed by atoms with Crippen molar-refractivity contribution in [2.24, 2.45) is 0 Å². The number of carboxylic acids is 2. The molecule has 1 aliphatic rings. The SMILES string of the molecule is O=C(O)Cn1cc([C@H](C(=O)O)N2CCN(c3ccc(F)cc3)CC2)c2ccc(F)cc21. The average molecular weight is 429 g/mol. The zero-order chi connectivity index (χ0) is 22.1. The predicted molar refractivity (Wildman–Crippen MR) is 110 cm³/mol. The summed E-state index contributed by atoms with van der Waals surface area (Å²) in [6.45, 7) is 1.60. The summed E-state index contributed by atoms with van der Waals surface area (Å²) in [7, 11) is 0. The molecule has 3 aromatic rings. The molecule has 2 aromatic carbocycles. The van der Waals surface area contributed by atoms with Crippen LogP contribution < -0.4 is 4.90 Å². The van der Waals surface area contributed by atoms with E-state index < -0.39 is 30.3 Å². The fourth-order valence-electron chi connectivity index (χ4n) is 4.16. The van der Waals surface area contributed by atoms with E-state index in [0.717, 1.165) is 5.69 Å². The number of aromatic nitrogens is 1. The van der Waals surface area contributed by atoms with Crippen molar-refractivity contribution in [3.05, 3.63) is 65.9 Å². The van der Waals surface area contributed by atoms with Crippen LogP contribution in [0.2, 0.25) is 0 Å². The number of halogens is 2. The molecule has 1 fully saturated rings.